The average molecular weight is 351 g/mol. The van der Waals surface area contributed by atoms with Gasteiger partial charge in [-0.25, -0.2) is 4.39 Å². The fraction of sp³-hybridized carbons (Fsp3) is 0.188. The van der Waals surface area contributed by atoms with E-state index in [1.807, 2.05) is 0 Å². The molecule has 1 heterocycles. The first-order valence-electron chi connectivity index (χ1n) is 6.51. The van der Waals surface area contributed by atoms with Gasteiger partial charge in [0.2, 0.25) is 0 Å². The summed E-state index contributed by atoms with van der Waals surface area (Å²) in [5, 5.41) is 0. The Bertz CT molecular complexity index is 700. The quantitative estimate of drug-likeness (QED) is 0.790. The molecule has 0 aliphatic carbocycles. The first-order valence-corrected chi connectivity index (χ1v) is 7.30. The molecule has 3 rings (SSSR count). The number of hydrogen-bond acceptors (Lipinski definition) is 3. The molecule has 0 saturated carbocycles. The third-order valence-corrected chi connectivity index (χ3v) is 3.97. The van der Waals surface area contributed by atoms with E-state index in [0.717, 1.165) is 5.56 Å². The summed E-state index contributed by atoms with van der Waals surface area (Å²) in [5.74, 6) is 0.647. The van der Waals surface area contributed by atoms with Crippen LogP contribution in [0.25, 0.3) is 0 Å². The molecule has 0 aromatic heterocycles. The van der Waals surface area contributed by atoms with Crippen LogP contribution in [0, 0.1) is 5.82 Å². The molecule has 3 nitrogen and oxygen atoms in total. The van der Waals surface area contributed by atoms with Crippen molar-refractivity contribution in [1.29, 1.82) is 0 Å². The van der Waals surface area contributed by atoms with E-state index >= 15 is 0 Å². The average Bonchev–Trinajstić information content (AvgIpc) is 2.49. The van der Waals surface area contributed by atoms with Crippen molar-refractivity contribution in [3.05, 3.63) is 57.8 Å². The molecule has 1 aliphatic rings. The standard InChI is InChI=1S/C16H12BrFO3/c17-13-9-11(18)5-4-10(13)8-14(19)12-2-1-3-15-16(12)21-7-6-20-15/h1-5,9H,6-8H2. The maximum atomic E-state index is 13.1. The topological polar surface area (TPSA) is 35.5 Å². The molecule has 1 aliphatic heterocycles. The van der Waals surface area contributed by atoms with Crippen molar-refractivity contribution in [2.75, 3.05) is 13.2 Å². The summed E-state index contributed by atoms with van der Waals surface area (Å²) in [7, 11) is 0. The second-order valence-corrected chi connectivity index (χ2v) is 5.52. The number of hydrogen-bond donors (Lipinski definition) is 0. The largest absolute Gasteiger partial charge is 0.486 e. The van der Waals surface area contributed by atoms with Crippen LogP contribution in [0.5, 0.6) is 11.5 Å². The Balaban J connectivity index is 1.89. The van der Waals surface area contributed by atoms with Crippen LogP contribution in [0.1, 0.15) is 15.9 Å². The van der Waals surface area contributed by atoms with Gasteiger partial charge in [0.1, 0.15) is 19.0 Å². The zero-order valence-corrected chi connectivity index (χ0v) is 12.7. The van der Waals surface area contributed by atoms with Crippen LogP contribution in [-0.4, -0.2) is 19.0 Å². The smallest absolute Gasteiger partial charge is 0.172 e. The van der Waals surface area contributed by atoms with Crippen LogP contribution >= 0.6 is 15.9 Å². The zero-order valence-electron chi connectivity index (χ0n) is 11.1. The molecule has 21 heavy (non-hydrogen) atoms. The van der Waals surface area contributed by atoms with Crippen molar-refractivity contribution in [2.45, 2.75) is 6.42 Å². The van der Waals surface area contributed by atoms with Gasteiger partial charge in [-0.15, -0.1) is 0 Å². The van der Waals surface area contributed by atoms with Crippen LogP contribution < -0.4 is 9.47 Å². The van der Waals surface area contributed by atoms with Crippen molar-refractivity contribution in [3.63, 3.8) is 0 Å². The van der Waals surface area contributed by atoms with Crippen LogP contribution in [0.3, 0.4) is 0 Å². The second kappa shape index (κ2) is 5.85. The molecule has 2 aromatic rings. The lowest BCUT2D eigenvalue weighted by Crippen LogP contribution is -2.18. The molecule has 108 valence electrons. The van der Waals surface area contributed by atoms with E-state index in [1.165, 1.54) is 12.1 Å². The molecule has 0 unspecified atom stereocenters. The number of rotatable bonds is 3. The van der Waals surface area contributed by atoms with Gasteiger partial charge in [0, 0.05) is 10.9 Å². The van der Waals surface area contributed by atoms with Gasteiger partial charge in [0.05, 0.1) is 5.56 Å². The van der Waals surface area contributed by atoms with E-state index in [9.17, 15) is 9.18 Å². The zero-order chi connectivity index (χ0) is 14.8. The first-order chi connectivity index (χ1) is 10.1. The molecule has 0 fully saturated rings. The lowest BCUT2D eigenvalue weighted by molar-refractivity contribution is 0.0981. The van der Waals surface area contributed by atoms with Crippen LogP contribution in [0.2, 0.25) is 0 Å². The number of benzene rings is 2. The van der Waals surface area contributed by atoms with Crippen molar-refractivity contribution >= 4 is 21.7 Å². The summed E-state index contributed by atoms with van der Waals surface area (Å²) >= 11 is 3.27. The minimum atomic E-state index is -0.341. The SMILES string of the molecule is O=C(Cc1ccc(F)cc1Br)c1cccc2c1OCCO2. The normalized spacial score (nSPS) is 13.0. The number of carbonyl (C=O) groups excluding carboxylic acids is 1. The van der Waals surface area contributed by atoms with E-state index in [1.54, 1.807) is 24.3 Å². The van der Waals surface area contributed by atoms with Crippen molar-refractivity contribution in [2.24, 2.45) is 0 Å². The number of para-hydroxylation sites is 1. The number of fused-ring (bicyclic) bond motifs is 1. The van der Waals surface area contributed by atoms with Crippen LogP contribution in [-0.2, 0) is 6.42 Å². The van der Waals surface area contributed by atoms with Gasteiger partial charge < -0.3 is 9.47 Å². The highest BCUT2D eigenvalue weighted by atomic mass is 79.9. The number of Topliss-reactive ketones (excluding diaryl/α,β-unsaturated/α-hetero) is 1. The van der Waals surface area contributed by atoms with E-state index in [2.05, 4.69) is 15.9 Å². The third-order valence-electron chi connectivity index (χ3n) is 3.23. The predicted molar refractivity (Wildman–Crippen MR) is 79.6 cm³/mol. The van der Waals surface area contributed by atoms with Gasteiger partial charge in [-0.05, 0) is 29.8 Å². The van der Waals surface area contributed by atoms with Crippen LogP contribution in [0.4, 0.5) is 4.39 Å². The monoisotopic (exact) mass is 350 g/mol. The number of ether oxygens (including phenoxy) is 2. The molecular weight excluding hydrogens is 339 g/mol. The molecule has 0 saturated heterocycles. The second-order valence-electron chi connectivity index (χ2n) is 4.67. The molecule has 0 N–H and O–H groups in total. The fourth-order valence-corrected chi connectivity index (χ4v) is 2.72. The number of halogens is 2. The van der Waals surface area contributed by atoms with Crippen molar-refractivity contribution in [1.82, 2.24) is 0 Å². The Hall–Kier alpha value is -1.88. The lowest BCUT2D eigenvalue weighted by Gasteiger charge is -2.20. The lowest BCUT2D eigenvalue weighted by atomic mass is 10.0. The number of ketones is 1. The Morgan fingerprint density at radius 3 is 2.81 bits per heavy atom. The predicted octanol–water partition coefficient (Wildman–Crippen LogP) is 3.78. The molecular formula is C16H12BrFO3. The Morgan fingerprint density at radius 2 is 2.00 bits per heavy atom. The number of carbonyl (C=O) groups is 1. The Kier molecular flexibility index (Phi) is 3.92. The molecule has 5 heteroatoms. The highest BCUT2D eigenvalue weighted by Crippen LogP contribution is 2.34. The summed E-state index contributed by atoms with van der Waals surface area (Å²) in [6.45, 7) is 0.908. The summed E-state index contributed by atoms with van der Waals surface area (Å²) in [4.78, 5) is 12.5. The van der Waals surface area contributed by atoms with Gasteiger partial charge >= 0.3 is 0 Å². The van der Waals surface area contributed by atoms with E-state index in [4.69, 9.17) is 9.47 Å². The Labute approximate surface area is 129 Å². The molecule has 0 bridgehead atoms. The molecule has 0 spiro atoms. The van der Waals surface area contributed by atoms with E-state index < -0.39 is 0 Å². The van der Waals surface area contributed by atoms with E-state index in [0.29, 0.717) is 34.7 Å². The van der Waals surface area contributed by atoms with Crippen LogP contribution in [0.15, 0.2) is 40.9 Å². The summed E-state index contributed by atoms with van der Waals surface area (Å²) in [6, 6.07) is 9.55. The van der Waals surface area contributed by atoms with Gasteiger partial charge in [0.25, 0.3) is 0 Å². The minimum absolute atomic E-state index is 0.0929. The van der Waals surface area contributed by atoms with E-state index in [-0.39, 0.29) is 18.0 Å². The van der Waals surface area contributed by atoms with Gasteiger partial charge in [-0.1, -0.05) is 28.1 Å². The minimum Gasteiger partial charge on any atom is -0.486 e. The highest BCUT2D eigenvalue weighted by molar-refractivity contribution is 9.10. The molecule has 2 aromatic carbocycles. The molecule has 0 amide bonds. The molecule has 0 atom stereocenters. The van der Waals surface area contributed by atoms with Crippen molar-refractivity contribution < 1.29 is 18.7 Å². The summed E-state index contributed by atoms with van der Waals surface area (Å²) in [6.07, 6.45) is 0.167. The van der Waals surface area contributed by atoms with Crippen molar-refractivity contribution in [3.8, 4) is 11.5 Å². The molecule has 0 radical (unpaired) electrons. The first kappa shape index (κ1) is 14.1. The fourth-order valence-electron chi connectivity index (χ4n) is 2.23. The maximum Gasteiger partial charge on any atom is 0.172 e. The van der Waals surface area contributed by atoms with Gasteiger partial charge in [-0.2, -0.15) is 0 Å². The van der Waals surface area contributed by atoms with Gasteiger partial charge in [0.15, 0.2) is 17.3 Å². The Morgan fingerprint density at radius 1 is 1.19 bits per heavy atom. The highest BCUT2D eigenvalue weighted by Gasteiger charge is 2.20. The maximum absolute atomic E-state index is 13.1. The summed E-state index contributed by atoms with van der Waals surface area (Å²) < 4.78 is 24.7. The van der Waals surface area contributed by atoms with Gasteiger partial charge in [-0.3, -0.25) is 4.79 Å². The third kappa shape index (κ3) is 2.93. The summed E-state index contributed by atoms with van der Waals surface area (Å²) in [5.41, 5.74) is 1.22.